The van der Waals surface area contributed by atoms with Gasteiger partial charge in [0.2, 0.25) is 0 Å². The second kappa shape index (κ2) is 7.19. The number of nitriles is 1. The maximum Gasteiger partial charge on any atom is 0.135 e. The molecule has 2 nitrogen and oxygen atoms in total. The summed E-state index contributed by atoms with van der Waals surface area (Å²) in [7, 11) is 0. The summed E-state index contributed by atoms with van der Waals surface area (Å²) in [6.07, 6.45) is 0.678. The Morgan fingerprint density at radius 2 is 1.65 bits per heavy atom. The van der Waals surface area contributed by atoms with Gasteiger partial charge in [-0.2, -0.15) is 5.26 Å². The number of para-hydroxylation sites is 1. The Balaban J connectivity index is 1.81. The van der Waals surface area contributed by atoms with Crippen LogP contribution in [0.2, 0.25) is 0 Å². The van der Waals surface area contributed by atoms with E-state index < -0.39 is 4.75 Å². The molecule has 0 radical (unpaired) electrons. The normalized spacial score (nSPS) is 21.3. The highest BCUT2D eigenvalue weighted by Gasteiger charge is 2.45. The van der Waals surface area contributed by atoms with Crippen LogP contribution in [-0.2, 0) is 6.42 Å². The zero-order chi connectivity index (χ0) is 18.0. The molecule has 2 atom stereocenters. The van der Waals surface area contributed by atoms with E-state index in [1.54, 1.807) is 11.8 Å². The van der Waals surface area contributed by atoms with E-state index in [4.69, 9.17) is 0 Å². The number of rotatable bonds is 3. The monoisotopic (exact) mass is 420 g/mol. The Morgan fingerprint density at radius 1 is 0.962 bits per heavy atom. The number of thioether (sulfide) groups is 1. The average Bonchev–Trinajstić information content (AvgIpc) is 2.69. The second-order valence-corrected chi connectivity index (χ2v) is 8.68. The van der Waals surface area contributed by atoms with Crippen molar-refractivity contribution < 1.29 is 0 Å². The molecule has 0 amide bonds. The lowest BCUT2D eigenvalue weighted by Crippen LogP contribution is -2.41. The second-order valence-electron chi connectivity index (χ2n) is 6.39. The van der Waals surface area contributed by atoms with Crippen molar-refractivity contribution in [3.8, 4) is 6.07 Å². The molecular formula is C22H17BrN2S. The van der Waals surface area contributed by atoms with Gasteiger partial charge in [0.25, 0.3) is 0 Å². The van der Waals surface area contributed by atoms with Crippen LogP contribution in [0.1, 0.15) is 17.2 Å². The first-order chi connectivity index (χ1) is 12.7. The Labute approximate surface area is 166 Å². The lowest BCUT2D eigenvalue weighted by Gasteiger charge is -2.40. The summed E-state index contributed by atoms with van der Waals surface area (Å²) in [6.45, 7) is 0. The quantitative estimate of drug-likeness (QED) is 0.546. The van der Waals surface area contributed by atoms with E-state index in [0.717, 1.165) is 20.6 Å². The third-order valence-electron chi connectivity index (χ3n) is 4.65. The van der Waals surface area contributed by atoms with Crippen molar-refractivity contribution >= 4 is 33.4 Å². The standard InChI is InChI=1S/C22H17BrN2S/c23-18-12-10-17(11-13-18)21-22(15-24,14-16-6-2-1-3-7-16)26-20-9-5-4-8-19(20)25-21/h1-13,21,25H,14H2. The van der Waals surface area contributed by atoms with E-state index in [-0.39, 0.29) is 6.04 Å². The van der Waals surface area contributed by atoms with Crippen LogP contribution in [0.25, 0.3) is 0 Å². The third-order valence-corrected chi connectivity index (χ3v) is 6.59. The number of benzene rings is 3. The summed E-state index contributed by atoms with van der Waals surface area (Å²) >= 11 is 5.18. The molecule has 26 heavy (non-hydrogen) atoms. The maximum atomic E-state index is 10.3. The van der Waals surface area contributed by atoms with Crippen LogP contribution in [0.5, 0.6) is 0 Å². The zero-order valence-electron chi connectivity index (χ0n) is 14.0. The fraction of sp³-hybridized carbons (Fsp3) is 0.136. The smallest absolute Gasteiger partial charge is 0.135 e. The third kappa shape index (κ3) is 3.25. The Bertz CT molecular complexity index is 950. The highest BCUT2D eigenvalue weighted by Crippen LogP contribution is 2.52. The van der Waals surface area contributed by atoms with Gasteiger partial charge in [0, 0.05) is 21.5 Å². The SMILES string of the molecule is N#CC1(Cc2ccccc2)Sc2ccccc2NC1c1ccc(Br)cc1. The summed E-state index contributed by atoms with van der Waals surface area (Å²) in [4.78, 5) is 1.12. The van der Waals surface area contributed by atoms with E-state index in [1.165, 1.54) is 5.56 Å². The van der Waals surface area contributed by atoms with Crippen molar-refractivity contribution in [1.29, 1.82) is 5.26 Å². The molecule has 0 aromatic heterocycles. The van der Waals surface area contributed by atoms with E-state index in [1.807, 2.05) is 42.5 Å². The summed E-state index contributed by atoms with van der Waals surface area (Å²) in [5.74, 6) is 0. The van der Waals surface area contributed by atoms with E-state index in [0.29, 0.717) is 6.42 Å². The van der Waals surface area contributed by atoms with E-state index in [2.05, 4.69) is 63.7 Å². The molecule has 0 bridgehead atoms. The van der Waals surface area contributed by atoms with Gasteiger partial charge in [0.05, 0.1) is 12.1 Å². The molecule has 3 aromatic carbocycles. The largest absolute Gasteiger partial charge is 0.375 e. The van der Waals surface area contributed by atoms with Crippen molar-refractivity contribution in [1.82, 2.24) is 0 Å². The molecule has 1 heterocycles. The van der Waals surface area contributed by atoms with E-state index in [9.17, 15) is 5.26 Å². The predicted octanol–water partition coefficient (Wildman–Crippen LogP) is 6.21. The van der Waals surface area contributed by atoms with Crippen molar-refractivity contribution in [3.63, 3.8) is 0 Å². The van der Waals surface area contributed by atoms with Crippen LogP contribution in [0.4, 0.5) is 5.69 Å². The van der Waals surface area contributed by atoms with Gasteiger partial charge in [-0.3, -0.25) is 0 Å². The summed E-state index contributed by atoms with van der Waals surface area (Å²) in [5, 5.41) is 13.9. The Morgan fingerprint density at radius 3 is 2.38 bits per heavy atom. The molecule has 0 aliphatic carbocycles. The lowest BCUT2D eigenvalue weighted by atomic mass is 9.87. The van der Waals surface area contributed by atoms with Gasteiger partial charge < -0.3 is 5.32 Å². The van der Waals surface area contributed by atoms with Crippen LogP contribution in [0, 0.1) is 11.3 Å². The molecule has 0 saturated heterocycles. The average molecular weight is 421 g/mol. The first-order valence-corrected chi connectivity index (χ1v) is 10.1. The Kier molecular flexibility index (Phi) is 4.76. The highest BCUT2D eigenvalue weighted by molar-refractivity contribution is 9.10. The van der Waals surface area contributed by atoms with Crippen molar-refractivity contribution in [2.75, 3.05) is 5.32 Å². The first kappa shape index (κ1) is 17.2. The molecule has 1 aliphatic heterocycles. The van der Waals surface area contributed by atoms with Crippen molar-refractivity contribution in [3.05, 3.63) is 94.5 Å². The van der Waals surface area contributed by atoms with Crippen LogP contribution in [0.15, 0.2) is 88.2 Å². The summed E-state index contributed by atoms with van der Waals surface area (Å²) in [5.41, 5.74) is 3.38. The van der Waals surface area contributed by atoms with Crippen LogP contribution in [0.3, 0.4) is 0 Å². The van der Waals surface area contributed by atoms with Crippen LogP contribution >= 0.6 is 27.7 Å². The molecule has 0 fully saturated rings. The minimum Gasteiger partial charge on any atom is -0.375 e. The molecule has 0 saturated carbocycles. The van der Waals surface area contributed by atoms with Gasteiger partial charge in [0.15, 0.2) is 0 Å². The van der Waals surface area contributed by atoms with Gasteiger partial charge in [-0.25, -0.2) is 0 Å². The minimum atomic E-state index is -0.621. The number of hydrogen-bond donors (Lipinski definition) is 1. The molecule has 2 unspecified atom stereocenters. The number of hydrogen-bond acceptors (Lipinski definition) is 3. The molecule has 128 valence electrons. The van der Waals surface area contributed by atoms with Gasteiger partial charge in [-0.15, -0.1) is 0 Å². The number of anilines is 1. The first-order valence-electron chi connectivity index (χ1n) is 8.45. The van der Waals surface area contributed by atoms with Crippen molar-refractivity contribution in [2.24, 2.45) is 0 Å². The predicted molar refractivity (Wildman–Crippen MR) is 111 cm³/mol. The minimum absolute atomic E-state index is 0.0966. The number of nitrogens with one attached hydrogen (secondary N) is 1. The Hall–Kier alpha value is -2.22. The highest BCUT2D eigenvalue weighted by atomic mass is 79.9. The molecule has 4 rings (SSSR count). The lowest BCUT2D eigenvalue weighted by molar-refractivity contribution is 0.601. The van der Waals surface area contributed by atoms with Gasteiger partial charge >= 0.3 is 0 Å². The molecule has 1 aliphatic rings. The summed E-state index contributed by atoms with van der Waals surface area (Å²) < 4.78 is 0.416. The van der Waals surface area contributed by atoms with Gasteiger partial charge in [-0.1, -0.05) is 82.3 Å². The number of nitrogens with zero attached hydrogens (tertiary/aromatic N) is 1. The number of fused-ring (bicyclic) bond motifs is 1. The van der Waals surface area contributed by atoms with Crippen LogP contribution < -0.4 is 5.32 Å². The van der Waals surface area contributed by atoms with Crippen LogP contribution in [-0.4, -0.2) is 4.75 Å². The zero-order valence-corrected chi connectivity index (χ0v) is 16.4. The molecule has 1 N–H and O–H groups in total. The molecule has 3 aromatic rings. The molecule has 0 spiro atoms. The number of halogens is 1. The van der Waals surface area contributed by atoms with Gasteiger partial charge in [0.1, 0.15) is 4.75 Å². The molecular weight excluding hydrogens is 404 g/mol. The summed E-state index contributed by atoms with van der Waals surface area (Å²) in [6, 6.07) is 29.3. The molecule has 4 heteroatoms. The fourth-order valence-corrected chi connectivity index (χ4v) is 5.01. The van der Waals surface area contributed by atoms with Gasteiger partial charge in [-0.05, 0) is 35.4 Å². The fourth-order valence-electron chi connectivity index (χ4n) is 3.37. The van der Waals surface area contributed by atoms with E-state index >= 15 is 0 Å². The topological polar surface area (TPSA) is 35.8 Å². The van der Waals surface area contributed by atoms with Crippen molar-refractivity contribution in [2.45, 2.75) is 22.1 Å². The maximum absolute atomic E-state index is 10.3.